The number of hydrogen-bond donors (Lipinski definition) is 1. The second-order valence-electron chi connectivity index (χ2n) is 8.28. The van der Waals surface area contributed by atoms with E-state index in [0.29, 0.717) is 0 Å². The molecule has 2 aromatic carbocycles. The summed E-state index contributed by atoms with van der Waals surface area (Å²) in [7, 11) is 0. The van der Waals surface area contributed by atoms with Crippen LogP contribution in [-0.4, -0.2) is 23.9 Å². The number of likely N-dealkylation sites (tertiary alicyclic amines) is 1. The van der Waals surface area contributed by atoms with Crippen molar-refractivity contribution >= 4 is 17.5 Å². The SMILES string of the molecule is C[C@H](NC(=O)[C@H]1CCCN(Cc2ccccc2Cl)C1)c1ccc2c(c1)CCC2. The van der Waals surface area contributed by atoms with Gasteiger partial charge in [0.25, 0.3) is 0 Å². The highest BCUT2D eigenvalue weighted by Crippen LogP contribution is 2.26. The predicted octanol–water partition coefficient (Wildman–Crippen LogP) is 4.92. The fraction of sp³-hybridized carbons (Fsp3) is 0.458. The number of amides is 1. The number of hydrogen-bond acceptors (Lipinski definition) is 2. The van der Waals surface area contributed by atoms with Gasteiger partial charge >= 0.3 is 0 Å². The number of fused-ring (bicyclic) bond motifs is 1. The van der Waals surface area contributed by atoms with E-state index in [1.807, 2.05) is 18.2 Å². The number of carbonyl (C=O) groups excluding carboxylic acids is 1. The molecule has 4 heteroatoms. The number of piperidine rings is 1. The third-order valence-corrected chi connectivity index (χ3v) is 6.58. The van der Waals surface area contributed by atoms with Gasteiger partial charge in [-0.3, -0.25) is 9.69 Å². The van der Waals surface area contributed by atoms with Gasteiger partial charge in [0.1, 0.15) is 0 Å². The van der Waals surface area contributed by atoms with Crippen LogP contribution in [0.3, 0.4) is 0 Å². The number of aryl methyl sites for hydroxylation is 2. The molecule has 2 aliphatic rings. The molecular formula is C24H29ClN2O. The van der Waals surface area contributed by atoms with E-state index in [2.05, 4.69) is 41.4 Å². The Hall–Kier alpha value is -1.84. The van der Waals surface area contributed by atoms with Crippen LogP contribution in [0.5, 0.6) is 0 Å². The molecule has 0 radical (unpaired) electrons. The summed E-state index contributed by atoms with van der Waals surface area (Å²) in [6.07, 6.45) is 5.63. The Balaban J connectivity index is 1.35. The highest BCUT2D eigenvalue weighted by Gasteiger charge is 2.27. The summed E-state index contributed by atoms with van der Waals surface area (Å²) >= 11 is 6.31. The molecule has 1 amide bonds. The largest absolute Gasteiger partial charge is 0.349 e. The quantitative estimate of drug-likeness (QED) is 0.778. The molecule has 148 valence electrons. The van der Waals surface area contributed by atoms with E-state index in [0.717, 1.165) is 43.1 Å². The van der Waals surface area contributed by atoms with E-state index >= 15 is 0 Å². The summed E-state index contributed by atoms with van der Waals surface area (Å²) in [5.41, 5.74) is 5.29. The standard InChI is InChI=1S/C24H29ClN2O/c1-17(19-12-11-18-7-4-8-20(18)14-19)26-24(28)22-9-5-13-27(16-22)15-21-6-2-3-10-23(21)25/h2-3,6,10-12,14,17,22H,4-5,7-9,13,15-16H2,1H3,(H,26,28)/t17-,22-/m0/s1. The Kier molecular flexibility index (Phi) is 6.03. The van der Waals surface area contributed by atoms with Crippen LogP contribution < -0.4 is 5.32 Å². The zero-order valence-electron chi connectivity index (χ0n) is 16.6. The fourth-order valence-corrected chi connectivity index (χ4v) is 4.75. The minimum Gasteiger partial charge on any atom is -0.349 e. The number of benzene rings is 2. The van der Waals surface area contributed by atoms with Crippen LogP contribution >= 0.6 is 11.6 Å². The van der Waals surface area contributed by atoms with E-state index in [1.54, 1.807) is 0 Å². The maximum Gasteiger partial charge on any atom is 0.224 e. The minimum atomic E-state index is 0.0492. The lowest BCUT2D eigenvalue weighted by atomic mass is 9.95. The molecule has 0 aromatic heterocycles. The Morgan fingerprint density at radius 1 is 1.18 bits per heavy atom. The first-order valence-electron chi connectivity index (χ1n) is 10.5. The number of nitrogens with zero attached hydrogens (tertiary/aromatic N) is 1. The van der Waals surface area contributed by atoms with Gasteiger partial charge in [0.2, 0.25) is 5.91 Å². The number of carbonyl (C=O) groups is 1. The zero-order chi connectivity index (χ0) is 19.5. The average Bonchev–Trinajstić information content (AvgIpc) is 3.18. The first-order chi connectivity index (χ1) is 13.6. The third-order valence-electron chi connectivity index (χ3n) is 6.21. The fourth-order valence-electron chi connectivity index (χ4n) is 4.56. The first-order valence-corrected chi connectivity index (χ1v) is 10.9. The molecule has 2 aromatic rings. The van der Waals surface area contributed by atoms with Crippen LogP contribution in [0.2, 0.25) is 5.02 Å². The minimum absolute atomic E-state index is 0.0492. The van der Waals surface area contributed by atoms with Crippen molar-refractivity contribution < 1.29 is 4.79 Å². The van der Waals surface area contributed by atoms with E-state index < -0.39 is 0 Å². The monoisotopic (exact) mass is 396 g/mol. The van der Waals surface area contributed by atoms with Crippen molar-refractivity contribution in [3.63, 3.8) is 0 Å². The smallest absolute Gasteiger partial charge is 0.224 e. The van der Waals surface area contributed by atoms with Crippen molar-refractivity contribution in [2.24, 2.45) is 5.92 Å². The number of rotatable bonds is 5. The van der Waals surface area contributed by atoms with Crippen LogP contribution in [0.15, 0.2) is 42.5 Å². The molecule has 1 saturated heterocycles. The Bertz CT molecular complexity index is 850. The first kappa shape index (κ1) is 19.5. The summed E-state index contributed by atoms with van der Waals surface area (Å²) in [4.78, 5) is 15.3. The predicted molar refractivity (Wildman–Crippen MR) is 114 cm³/mol. The molecule has 1 aliphatic heterocycles. The summed E-state index contributed by atoms with van der Waals surface area (Å²) in [6, 6.07) is 14.7. The summed E-state index contributed by atoms with van der Waals surface area (Å²) in [5.74, 6) is 0.227. The van der Waals surface area contributed by atoms with Gasteiger partial charge in [-0.25, -0.2) is 0 Å². The van der Waals surface area contributed by atoms with Gasteiger partial charge in [-0.15, -0.1) is 0 Å². The van der Waals surface area contributed by atoms with Gasteiger partial charge in [-0.1, -0.05) is 48.0 Å². The third kappa shape index (κ3) is 4.42. The Labute approximate surface area is 173 Å². The van der Waals surface area contributed by atoms with Crippen molar-refractivity contribution in [3.05, 3.63) is 69.7 Å². The van der Waals surface area contributed by atoms with Crippen LogP contribution in [0, 0.1) is 5.92 Å². The molecular weight excluding hydrogens is 368 g/mol. The average molecular weight is 397 g/mol. The lowest BCUT2D eigenvalue weighted by molar-refractivity contribution is -0.127. The lowest BCUT2D eigenvalue weighted by Gasteiger charge is -2.33. The molecule has 0 spiro atoms. The highest BCUT2D eigenvalue weighted by atomic mass is 35.5. The van der Waals surface area contributed by atoms with E-state index in [9.17, 15) is 4.79 Å². The Morgan fingerprint density at radius 2 is 2.00 bits per heavy atom. The molecule has 1 heterocycles. The van der Waals surface area contributed by atoms with Crippen molar-refractivity contribution in [2.45, 2.75) is 51.6 Å². The highest BCUT2D eigenvalue weighted by molar-refractivity contribution is 6.31. The number of nitrogens with one attached hydrogen (secondary N) is 1. The summed E-state index contributed by atoms with van der Waals surface area (Å²) in [5, 5.41) is 4.07. The van der Waals surface area contributed by atoms with E-state index in [-0.39, 0.29) is 17.9 Å². The summed E-state index contributed by atoms with van der Waals surface area (Å²) < 4.78 is 0. The molecule has 0 saturated carbocycles. The molecule has 3 nitrogen and oxygen atoms in total. The maximum atomic E-state index is 12.9. The second-order valence-corrected chi connectivity index (χ2v) is 8.68. The van der Waals surface area contributed by atoms with Gasteiger partial charge in [0.15, 0.2) is 0 Å². The maximum absolute atomic E-state index is 12.9. The zero-order valence-corrected chi connectivity index (χ0v) is 17.3. The van der Waals surface area contributed by atoms with Crippen molar-refractivity contribution in [1.29, 1.82) is 0 Å². The topological polar surface area (TPSA) is 32.3 Å². The number of halogens is 1. The van der Waals surface area contributed by atoms with Gasteiger partial charge in [0, 0.05) is 18.1 Å². The van der Waals surface area contributed by atoms with Crippen molar-refractivity contribution in [1.82, 2.24) is 10.2 Å². The van der Waals surface area contributed by atoms with Gasteiger partial charge in [0.05, 0.1) is 12.0 Å². The molecule has 1 aliphatic carbocycles. The molecule has 1 N–H and O–H groups in total. The van der Waals surface area contributed by atoms with Gasteiger partial charge in [-0.05, 0) is 73.9 Å². The molecule has 28 heavy (non-hydrogen) atoms. The molecule has 0 unspecified atom stereocenters. The lowest BCUT2D eigenvalue weighted by Crippen LogP contribution is -2.43. The van der Waals surface area contributed by atoms with Crippen LogP contribution in [0.4, 0.5) is 0 Å². The molecule has 0 bridgehead atoms. The summed E-state index contributed by atoms with van der Waals surface area (Å²) in [6.45, 7) is 4.73. The van der Waals surface area contributed by atoms with Crippen molar-refractivity contribution in [2.75, 3.05) is 13.1 Å². The van der Waals surface area contributed by atoms with Crippen molar-refractivity contribution in [3.8, 4) is 0 Å². The van der Waals surface area contributed by atoms with Crippen LogP contribution in [0.1, 0.15) is 54.5 Å². The van der Waals surface area contributed by atoms with Crippen LogP contribution in [0.25, 0.3) is 0 Å². The second kappa shape index (κ2) is 8.67. The van der Waals surface area contributed by atoms with Gasteiger partial charge in [-0.2, -0.15) is 0 Å². The molecule has 2 atom stereocenters. The van der Waals surface area contributed by atoms with E-state index in [4.69, 9.17) is 11.6 Å². The van der Waals surface area contributed by atoms with Crippen LogP contribution in [-0.2, 0) is 24.2 Å². The van der Waals surface area contributed by atoms with E-state index in [1.165, 1.54) is 36.0 Å². The molecule has 1 fully saturated rings. The van der Waals surface area contributed by atoms with Gasteiger partial charge < -0.3 is 5.32 Å². The molecule has 4 rings (SSSR count). The normalized spacial score (nSPS) is 20.6. The Morgan fingerprint density at radius 3 is 2.86 bits per heavy atom.